The Labute approximate surface area is 161 Å². The molecule has 7 nitrogen and oxygen atoms in total. The number of rotatable bonds is 5. The van der Waals surface area contributed by atoms with Crippen LogP contribution in [0.2, 0.25) is 0 Å². The van der Waals surface area contributed by atoms with Gasteiger partial charge in [0, 0.05) is 18.6 Å². The van der Waals surface area contributed by atoms with E-state index >= 15 is 0 Å². The predicted molar refractivity (Wildman–Crippen MR) is 107 cm³/mol. The highest BCUT2D eigenvalue weighted by atomic mass is 127. The smallest absolute Gasteiger partial charge is 0.191 e. The van der Waals surface area contributed by atoms with Crippen LogP contribution >= 0.6 is 35.3 Å². The Morgan fingerprint density at radius 2 is 2.08 bits per heavy atom. The van der Waals surface area contributed by atoms with Gasteiger partial charge in [-0.05, 0) is 18.6 Å². The standard InChI is InChI=1S/C15H19N7S.HI/c1-3-14-19-11(10-23-14)8-17-15(16-2)18-9-13-21-20-12-6-4-5-7-22(12)13;/h4-7,10H,3,8-9H2,1-2H3,(H2,16,17,18);1H. The molecule has 0 spiro atoms. The summed E-state index contributed by atoms with van der Waals surface area (Å²) in [6, 6.07) is 5.83. The molecule has 0 amide bonds. The molecular weight excluding hydrogens is 437 g/mol. The van der Waals surface area contributed by atoms with Gasteiger partial charge in [0.1, 0.15) is 0 Å². The number of hydrogen-bond donors (Lipinski definition) is 2. The zero-order valence-corrected chi connectivity index (χ0v) is 16.7. The average molecular weight is 457 g/mol. The Kier molecular flexibility index (Phi) is 6.91. The molecule has 0 aromatic carbocycles. The van der Waals surface area contributed by atoms with Crippen LogP contribution < -0.4 is 10.6 Å². The van der Waals surface area contributed by atoms with E-state index in [9.17, 15) is 0 Å². The van der Waals surface area contributed by atoms with Crippen molar-refractivity contribution in [3.05, 3.63) is 46.3 Å². The van der Waals surface area contributed by atoms with Gasteiger partial charge < -0.3 is 10.6 Å². The molecule has 0 unspecified atom stereocenters. The molecular formula is C15H20IN7S. The van der Waals surface area contributed by atoms with Gasteiger partial charge in [-0.25, -0.2) is 4.98 Å². The first-order valence-corrected chi connectivity index (χ1v) is 8.34. The van der Waals surface area contributed by atoms with Crippen molar-refractivity contribution >= 4 is 46.9 Å². The summed E-state index contributed by atoms with van der Waals surface area (Å²) >= 11 is 1.69. The third-order valence-corrected chi connectivity index (χ3v) is 4.40. The number of aryl methyl sites for hydroxylation is 1. The van der Waals surface area contributed by atoms with Gasteiger partial charge >= 0.3 is 0 Å². The van der Waals surface area contributed by atoms with Crippen molar-refractivity contribution in [2.24, 2.45) is 4.99 Å². The first-order chi connectivity index (χ1) is 11.3. The number of nitrogens with zero attached hydrogens (tertiary/aromatic N) is 5. The first-order valence-electron chi connectivity index (χ1n) is 7.46. The van der Waals surface area contributed by atoms with Gasteiger partial charge in [0.2, 0.25) is 0 Å². The fraction of sp³-hybridized carbons (Fsp3) is 0.333. The molecule has 0 radical (unpaired) electrons. The van der Waals surface area contributed by atoms with Gasteiger partial charge in [0.05, 0.1) is 23.8 Å². The number of halogens is 1. The van der Waals surface area contributed by atoms with Gasteiger partial charge in [0.25, 0.3) is 0 Å². The summed E-state index contributed by atoms with van der Waals surface area (Å²) in [7, 11) is 1.75. The van der Waals surface area contributed by atoms with Gasteiger partial charge in [-0.2, -0.15) is 0 Å². The highest BCUT2D eigenvalue weighted by Crippen LogP contribution is 2.09. The molecule has 0 aliphatic carbocycles. The molecule has 0 bridgehead atoms. The highest BCUT2D eigenvalue weighted by molar-refractivity contribution is 14.0. The number of fused-ring (bicyclic) bond motifs is 1. The van der Waals surface area contributed by atoms with E-state index in [1.165, 1.54) is 0 Å². The van der Waals surface area contributed by atoms with E-state index < -0.39 is 0 Å². The topological polar surface area (TPSA) is 79.5 Å². The second kappa shape index (κ2) is 8.92. The molecule has 2 N–H and O–H groups in total. The van der Waals surface area contributed by atoms with E-state index in [1.807, 2.05) is 28.8 Å². The van der Waals surface area contributed by atoms with E-state index in [-0.39, 0.29) is 24.0 Å². The lowest BCUT2D eigenvalue weighted by atomic mass is 10.4. The summed E-state index contributed by atoms with van der Waals surface area (Å²) in [5, 5.41) is 18.1. The maximum absolute atomic E-state index is 4.53. The van der Waals surface area contributed by atoms with Crippen molar-refractivity contribution < 1.29 is 0 Å². The molecule has 24 heavy (non-hydrogen) atoms. The van der Waals surface area contributed by atoms with E-state index in [2.05, 4.69) is 43.1 Å². The van der Waals surface area contributed by atoms with Crippen LogP contribution in [0, 0.1) is 0 Å². The summed E-state index contributed by atoms with van der Waals surface area (Å²) in [6.45, 7) is 3.30. The van der Waals surface area contributed by atoms with Crippen molar-refractivity contribution in [1.29, 1.82) is 0 Å². The molecule has 9 heteroatoms. The van der Waals surface area contributed by atoms with Gasteiger partial charge in [-0.15, -0.1) is 45.5 Å². The predicted octanol–water partition coefficient (Wildman–Crippen LogP) is 2.23. The Morgan fingerprint density at radius 1 is 1.25 bits per heavy atom. The molecule has 0 saturated carbocycles. The van der Waals surface area contributed by atoms with Crippen molar-refractivity contribution in [2.75, 3.05) is 7.05 Å². The molecule has 0 aliphatic heterocycles. The van der Waals surface area contributed by atoms with E-state index in [4.69, 9.17) is 0 Å². The minimum absolute atomic E-state index is 0. The number of thiazole rings is 1. The van der Waals surface area contributed by atoms with Gasteiger partial charge in [-0.1, -0.05) is 13.0 Å². The first kappa shape index (κ1) is 18.6. The van der Waals surface area contributed by atoms with Gasteiger partial charge in [0.15, 0.2) is 17.4 Å². The minimum atomic E-state index is 0. The number of aliphatic imine (C=N–C) groups is 1. The van der Waals surface area contributed by atoms with Crippen LogP contribution in [0.3, 0.4) is 0 Å². The van der Waals surface area contributed by atoms with E-state index in [1.54, 1.807) is 18.4 Å². The molecule has 3 aromatic rings. The molecule has 128 valence electrons. The van der Waals surface area contributed by atoms with Crippen molar-refractivity contribution in [2.45, 2.75) is 26.4 Å². The lowest BCUT2D eigenvalue weighted by Gasteiger charge is -2.10. The molecule has 3 aromatic heterocycles. The van der Waals surface area contributed by atoms with Crippen LogP contribution in [-0.2, 0) is 19.5 Å². The largest absolute Gasteiger partial charge is 0.351 e. The van der Waals surface area contributed by atoms with Crippen molar-refractivity contribution in [3.8, 4) is 0 Å². The fourth-order valence-electron chi connectivity index (χ4n) is 2.16. The third-order valence-electron chi connectivity index (χ3n) is 3.36. The maximum atomic E-state index is 4.53. The number of nitrogens with one attached hydrogen (secondary N) is 2. The summed E-state index contributed by atoms with van der Waals surface area (Å²) < 4.78 is 1.95. The SMILES string of the molecule is CCc1nc(CNC(=NC)NCc2nnc3ccccn23)cs1.I. The molecule has 3 heterocycles. The number of aromatic nitrogens is 4. The Hall–Kier alpha value is -1.75. The maximum Gasteiger partial charge on any atom is 0.191 e. The molecule has 0 atom stereocenters. The summed E-state index contributed by atoms with van der Waals surface area (Å²) in [6.07, 6.45) is 2.92. The highest BCUT2D eigenvalue weighted by Gasteiger charge is 2.06. The number of hydrogen-bond acceptors (Lipinski definition) is 5. The summed E-state index contributed by atoms with van der Waals surface area (Å²) in [4.78, 5) is 8.75. The van der Waals surface area contributed by atoms with Gasteiger partial charge in [-0.3, -0.25) is 9.39 Å². The molecule has 0 aliphatic rings. The lowest BCUT2D eigenvalue weighted by molar-refractivity contribution is 0.756. The molecule has 3 rings (SSSR count). The third kappa shape index (κ3) is 4.41. The van der Waals surface area contributed by atoms with Crippen LogP contribution in [0.1, 0.15) is 23.4 Å². The minimum Gasteiger partial charge on any atom is -0.351 e. The second-order valence-corrected chi connectivity index (χ2v) is 5.85. The zero-order chi connectivity index (χ0) is 16.1. The monoisotopic (exact) mass is 457 g/mol. The normalized spacial score (nSPS) is 11.3. The van der Waals surface area contributed by atoms with Crippen LogP contribution in [-0.4, -0.2) is 32.6 Å². The summed E-state index contributed by atoms with van der Waals surface area (Å²) in [5.41, 5.74) is 1.87. The van der Waals surface area contributed by atoms with Crippen LogP contribution in [0.4, 0.5) is 0 Å². The number of guanidine groups is 1. The lowest BCUT2D eigenvalue weighted by Crippen LogP contribution is -2.36. The Bertz CT molecular complexity index is 811. The average Bonchev–Trinajstić information content (AvgIpc) is 3.22. The molecule has 0 fully saturated rings. The van der Waals surface area contributed by atoms with Crippen LogP contribution in [0.5, 0.6) is 0 Å². The van der Waals surface area contributed by atoms with E-state index in [0.717, 1.165) is 28.6 Å². The number of pyridine rings is 1. The van der Waals surface area contributed by atoms with Crippen LogP contribution in [0.25, 0.3) is 5.65 Å². The quantitative estimate of drug-likeness (QED) is 0.349. The Morgan fingerprint density at radius 3 is 2.83 bits per heavy atom. The fourth-order valence-corrected chi connectivity index (χ4v) is 2.91. The van der Waals surface area contributed by atoms with Crippen molar-refractivity contribution in [3.63, 3.8) is 0 Å². The zero-order valence-electron chi connectivity index (χ0n) is 13.6. The summed E-state index contributed by atoms with van der Waals surface area (Å²) in [5.74, 6) is 1.55. The Balaban J connectivity index is 0.00000208. The van der Waals surface area contributed by atoms with E-state index in [0.29, 0.717) is 19.0 Å². The van der Waals surface area contributed by atoms with Crippen LogP contribution in [0.15, 0.2) is 34.8 Å². The van der Waals surface area contributed by atoms with Crippen molar-refractivity contribution in [1.82, 2.24) is 30.2 Å². The second-order valence-electron chi connectivity index (χ2n) is 4.91. The molecule has 0 saturated heterocycles.